The van der Waals surface area contributed by atoms with Gasteiger partial charge in [-0.15, -0.1) is 0 Å². The first kappa shape index (κ1) is 10.3. The summed E-state index contributed by atoms with van der Waals surface area (Å²) in [6, 6.07) is 10.1. The fourth-order valence-electron chi connectivity index (χ4n) is 1.44. The first-order valence-corrected chi connectivity index (χ1v) is 5.53. The second-order valence-corrected chi connectivity index (χ2v) is 4.34. The zero-order valence-corrected chi connectivity index (χ0v) is 10.2. The van der Waals surface area contributed by atoms with Crippen molar-refractivity contribution in [3.8, 4) is 11.4 Å². The van der Waals surface area contributed by atoms with Crippen molar-refractivity contribution in [1.29, 1.82) is 0 Å². The molecule has 0 spiro atoms. The van der Waals surface area contributed by atoms with E-state index < -0.39 is 0 Å². The first-order valence-electron chi connectivity index (χ1n) is 4.73. The van der Waals surface area contributed by atoms with E-state index in [1.165, 1.54) is 5.56 Å². The highest BCUT2D eigenvalue weighted by Gasteiger charge is 2.03. The number of hydrogen-bond acceptors (Lipinski definition) is 2. The van der Waals surface area contributed by atoms with Crippen molar-refractivity contribution in [2.24, 2.45) is 0 Å². The summed E-state index contributed by atoms with van der Waals surface area (Å²) in [7, 11) is 0. The Hall–Kier alpha value is -1.22. The lowest BCUT2D eigenvalue weighted by molar-refractivity contribution is 1.09. The van der Waals surface area contributed by atoms with Crippen LogP contribution < -0.4 is 0 Å². The van der Waals surface area contributed by atoms with Gasteiger partial charge in [0.05, 0.1) is 0 Å². The summed E-state index contributed by atoms with van der Waals surface area (Å²) in [6.45, 7) is 4.03. The summed E-state index contributed by atoms with van der Waals surface area (Å²) in [5.41, 5.74) is 3.24. The molecule has 3 heteroatoms. The zero-order valence-electron chi connectivity index (χ0n) is 8.66. The van der Waals surface area contributed by atoms with Gasteiger partial charge in [0.2, 0.25) is 0 Å². The molecule has 0 amide bonds. The molecular weight excluding hydrogens is 252 g/mol. The molecule has 15 heavy (non-hydrogen) atoms. The minimum atomic E-state index is 0.769. The minimum Gasteiger partial charge on any atom is -0.233 e. The normalized spacial score (nSPS) is 10.3. The molecule has 0 saturated carbocycles. The van der Waals surface area contributed by atoms with Crippen LogP contribution in [-0.4, -0.2) is 9.97 Å². The smallest absolute Gasteiger partial charge is 0.160 e. The van der Waals surface area contributed by atoms with Gasteiger partial charge in [0.1, 0.15) is 4.60 Å². The molecule has 0 bridgehead atoms. The number of aryl methyl sites for hydroxylation is 2. The van der Waals surface area contributed by atoms with Gasteiger partial charge >= 0.3 is 0 Å². The van der Waals surface area contributed by atoms with Gasteiger partial charge < -0.3 is 0 Å². The van der Waals surface area contributed by atoms with Gasteiger partial charge in [0, 0.05) is 11.3 Å². The lowest BCUT2D eigenvalue weighted by atomic mass is 10.1. The molecule has 0 aliphatic heterocycles. The van der Waals surface area contributed by atoms with Crippen LogP contribution >= 0.6 is 15.9 Å². The van der Waals surface area contributed by atoms with E-state index in [1.54, 1.807) is 0 Å². The second-order valence-electron chi connectivity index (χ2n) is 3.53. The topological polar surface area (TPSA) is 25.8 Å². The summed E-state index contributed by atoms with van der Waals surface area (Å²) in [5, 5.41) is 0. The van der Waals surface area contributed by atoms with Crippen LogP contribution in [0.4, 0.5) is 0 Å². The van der Waals surface area contributed by atoms with Gasteiger partial charge in [-0.1, -0.05) is 23.8 Å². The van der Waals surface area contributed by atoms with Crippen LogP contribution in [0.25, 0.3) is 11.4 Å². The SMILES string of the molecule is Cc1cccc(-c2nc(C)cc(Br)n2)c1. The molecule has 0 aliphatic rings. The van der Waals surface area contributed by atoms with E-state index >= 15 is 0 Å². The largest absolute Gasteiger partial charge is 0.233 e. The van der Waals surface area contributed by atoms with Crippen molar-refractivity contribution in [2.75, 3.05) is 0 Å². The molecule has 2 rings (SSSR count). The quantitative estimate of drug-likeness (QED) is 0.735. The van der Waals surface area contributed by atoms with Crippen LogP contribution in [0, 0.1) is 13.8 Å². The first-order chi connectivity index (χ1) is 7.15. The average Bonchev–Trinajstić information content (AvgIpc) is 2.16. The summed E-state index contributed by atoms with van der Waals surface area (Å²) >= 11 is 3.38. The Morgan fingerprint density at radius 3 is 2.53 bits per heavy atom. The fourth-order valence-corrected chi connectivity index (χ4v) is 1.94. The highest BCUT2D eigenvalue weighted by molar-refractivity contribution is 9.10. The van der Waals surface area contributed by atoms with E-state index in [9.17, 15) is 0 Å². The Kier molecular flexibility index (Phi) is 2.82. The molecule has 1 aromatic carbocycles. The predicted molar refractivity (Wildman–Crippen MR) is 64.6 cm³/mol. The minimum absolute atomic E-state index is 0.769. The van der Waals surface area contributed by atoms with Gasteiger partial charge in [0.15, 0.2) is 5.82 Å². The van der Waals surface area contributed by atoms with Crippen molar-refractivity contribution in [3.05, 3.63) is 46.2 Å². The third-order valence-electron chi connectivity index (χ3n) is 2.10. The molecule has 2 nitrogen and oxygen atoms in total. The van der Waals surface area contributed by atoms with Gasteiger partial charge in [-0.25, -0.2) is 9.97 Å². The Balaban J connectivity index is 2.54. The molecule has 2 aromatic rings. The number of aromatic nitrogens is 2. The van der Waals surface area contributed by atoms with Crippen LogP contribution in [-0.2, 0) is 0 Å². The number of nitrogens with zero attached hydrogens (tertiary/aromatic N) is 2. The molecular formula is C12H11BrN2. The summed E-state index contributed by atoms with van der Waals surface area (Å²) < 4.78 is 0.825. The van der Waals surface area contributed by atoms with E-state index in [2.05, 4.69) is 45.0 Å². The second kappa shape index (κ2) is 4.11. The van der Waals surface area contributed by atoms with Gasteiger partial charge in [-0.05, 0) is 41.9 Å². The van der Waals surface area contributed by atoms with Crippen LogP contribution in [0.2, 0.25) is 0 Å². The Morgan fingerprint density at radius 2 is 1.87 bits per heavy atom. The van der Waals surface area contributed by atoms with Crippen LogP contribution in [0.3, 0.4) is 0 Å². The maximum absolute atomic E-state index is 4.40. The maximum Gasteiger partial charge on any atom is 0.160 e. The van der Waals surface area contributed by atoms with E-state index in [0.717, 1.165) is 21.7 Å². The van der Waals surface area contributed by atoms with Gasteiger partial charge in [-0.3, -0.25) is 0 Å². The van der Waals surface area contributed by atoms with Gasteiger partial charge in [-0.2, -0.15) is 0 Å². The number of halogens is 1. The number of hydrogen-bond donors (Lipinski definition) is 0. The molecule has 0 unspecified atom stereocenters. The maximum atomic E-state index is 4.40. The van der Waals surface area contributed by atoms with E-state index in [0.29, 0.717) is 0 Å². The lowest BCUT2D eigenvalue weighted by Crippen LogP contribution is -1.92. The lowest BCUT2D eigenvalue weighted by Gasteiger charge is -2.03. The third-order valence-corrected chi connectivity index (χ3v) is 2.51. The van der Waals surface area contributed by atoms with Crippen molar-refractivity contribution in [1.82, 2.24) is 9.97 Å². The highest BCUT2D eigenvalue weighted by Crippen LogP contribution is 2.18. The molecule has 0 aliphatic carbocycles. The predicted octanol–water partition coefficient (Wildman–Crippen LogP) is 3.52. The van der Waals surface area contributed by atoms with Crippen LogP contribution in [0.1, 0.15) is 11.3 Å². The molecule has 0 radical (unpaired) electrons. The molecule has 1 aromatic heterocycles. The summed E-state index contributed by atoms with van der Waals surface area (Å²) in [6.07, 6.45) is 0. The average molecular weight is 263 g/mol. The third kappa shape index (κ3) is 2.42. The Bertz CT molecular complexity index is 474. The molecule has 0 atom stereocenters. The van der Waals surface area contributed by atoms with Crippen LogP contribution in [0.15, 0.2) is 34.9 Å². The van der Waals surface area contributed by atoms with E-state index in [4.69, 9.17) is 0 Å². The Labute approximate surface area is 97.5 Å². The van der Waals surface area contributed by atoms with Gasteiger partial charge in [0.25, 0.3) is 0 Å². The van der Waals surface area contributed by atoms with E-state index in [-0.39, 0.29) is 0 Å². The van der Waals surface area contributed by atoms with Crippen molar-refractivity contribution >= 4 is 15.9 Å². The van der Waals surface area contributed by atoms with Crippen molar-refractivity contribution < 1.29 is 0 Å². The fraction of sp³-hybridized carbons (Fsp3) is 0.167. The molecule has 76 valence electrons. The molecule has 1 heterocycles. The molecule has 0 N–H and O–H groups in total. The zero-order chi connectivity index (χ0) is 10.8. The van der Waals surface area contributed by atoms with Crippen molar-refractivity contribution in [2.45, 2.75) is 13.8 Å². The summed E-state index contributed by atoms with van der Waals surface area (Å²) in [4.78, 5) is 8.76. The van der Waals surface area contributed by atoms with E-state index in [1.807, 2.05) is 25.1 Å². The molecule has 0 fully saturated rings. The monoisotopic (exact) mass is 262 g/mol. The number of rotatable bonds is 1. The van der Waals surface area contributed by atoms with Crippen LogP contribution in [0.5, 0.6) is 0 Å². The summed E-state index contributed by atoms with van der Waals surface area (Å²) in [5.74, 6) is 0.769. The Morgan fingerprint density at radius 1 is 1.07 bits per heavy atom. The number of benzene rings is 1. The molecule has 0 saturated heterocycles. The highest BCUT2D eigenvalue weighted by atomic mass is 79.9. The standard InChI is InChI=1S/C12H11BrN2/c1-8-4-3-5-10(6-8)12-14-9(2)7-11(13)15-12/h3-7H,1-2H3. The van der Waals surface area contributed by atoms with Crippen molar-refractivity contribution in [3.63, 3.8) is 0 Å².